The van der Waals surface area contributed by atoms with Crippen molar-refractivity contribution in [1.29, 1.82) is 0 Å². The summed E-state index contributed by atoms with van der Waals surface area (Å²) in [4.78, 5) is 21.6. The van der Waals surface area contributed by atoms with Gasteiger partial charge in [0.15, 0.2) is 0 Å². The second-order valence-electron chi connectivity index (χ2n) is 7.25. The van der Waals surface area contributed by atoms with Crippen molar-refractivity contribution in [3.8, 4) is 22.4 Å². The molecule has 3 heterocycles. The zero-order valence-corrected chi connectivity index (χ0v) is 15.6. The highest BCUT2D eigenvalue weighted by Crippen LogP contribution is 2.31. The summed E-state index contributed by atoms with van der Waals surface area (Å²) < 4.78 is 1.87. The van der Waals surface area contributed by atoms with Gasteiger partial charge >= 0.3 is 0 Å². The molecule has 0 saturated heterocycles. The van der Waals surface area contributed by atoms with Gasteiger partial charge < -0.3 is 5.32 Å². The summed E-state index contributed by atoms with van der Waals surface area (Å²) in [7, 11) is 0. The van der Waals surface area contributed by atoms with E-state index in [4.69, 9.17) is 0 Å². The Hall–Kier alpha value is -3.47. The number of amides is 1. The van der Waals surface area contributed by atoms with Crippen LogP contribution in [-0.4, -0.2) is 26.3 Å². The molecule has 28 heavy (non-hydrogen) atoms. The van der Waals surface area contributed by atoms with Crippen molar-refractivity contribution in [2.45, 2.75) is 25.8 Å². The number of benzene rings is 1. The van der Waals surface area contributed by atoms with Crippen LogP contribution in [0.15, 0.2) is 67.0 Å². The zero-order valence-electron chi connectivity index (χ0n) is 15.6. The monoisotopic (exact) mass is 368 g/mol. The lowest BCUT2D eigenvalue weighted by molar-refractivity contribution is 0.0945. The number of imidazole rings is 1. The molecule has 138 valence electrons. The third kappa shape index (κ3) is 3.05. The molecule has 0 atom stereocenters. The van der Waals surface area contributed by atoms with Gasteiger partial charge in [-0.15, -0.1) is 0 Å². The van der Waals surface area contributed by atoms with E-state index in [0.29, 0.717) is 11.7 Å². The first-order valence-corrected chi connectivity index (χ1v) is 9.50. The third-order valence-electron chi connectivity index (χ3n) is 5.05. The van der Waals surface area contributed by atoms with Gasteiger partial charge in [0, 0.05) is 23.5 Å². The number of nitrogens with zero attached hydrogens (tertiary/aromatic N) is 3. The second kappa shape index (κ2) is 6.60. The van der Waals surface area contributed by atoms with Gasteiger partial charge in [0.05, 0.1) is 11.9 Å². The Bertz CT molecular complexity index is 1190. The van der Waals surface area contributed by atoms with Crippen LogP contribution in [0.2, 0.25) is 0 Å². The van der Waals surface area contributed by atoms with Crippen LogP contribution in [0, 0.1) is 6.92 Å². The van der Waals surface area contributed by atoms with Crippen molar-refractivity contribution >= 4 is 11.6 Å². The van der Waals surface area contributed by atoms with Crippen LogP contribution in [0.5, 0.6) is 0 Å². The minimum absolute atomic E-state index is 0.0687. The summed E-state index contributed by atoms with van der Waals surface area (Å²) in [5.74, 6) is -0.0687. The van der Waals surface area contributed by atoms with E-state index in [9.17, 15) is 4.79 Å². The van der Waals surface area contributed by atoms with Crippen molar-refractivity contribution < 1.29 is 4.79 Å². The van der Waals surface area contributed by atoms with Gasteiger partial charge in [-0.05, 0) is 55.2 Å². The maximum atomic E-state index is 12.6. The summed E-state index contributed by atoms with van der Waals surface area (Å²) in [6, 6.07) is 18.5. The zero-order chi connectivity index (χ0) is 19.1. The molecule has 5 heteroatoms. The van der Waals surface area contributed by atoms with Gasteiger partial charge in [0.1, 0.15) is 11.3 Å². The van der Waals surface area contributed by atoms with Crippen molar-refractivity contribution in [3.05, 3.63) is 78.4 Å². The number of hydrogen-bond donors (Lipinski definition) is 1. The molecule has 1 aliphatic rings. The number of aryl methyl sites for hydroxylation is 1. The molecule has 1 saturated carbocycles. The first-order chi connectivity index (χ1) is 13.7. The molecule has 0 spiro atoms. The lowest BCUT2D eigenvalue weighted by atomic mass is 9.98. The topological polar surface area (TPSA) is 59.3 Å². The molecule has 1 amide bonds. The molecule has 4 aromatic rings. The van der Waals surface area contributed by atoms with Crippen molar-refractivity contribution in [3.63, 3.8) is 0 Å². The number of nitrogens with one attached hydrogen (secondary N) is 1. The van der Waals surface area contributed by atoms with Crippen LogP contribution in [0.3, 0.4) is 0 Å². The van der Waals surface area contributed by atoms with E-state index in [1.54, 1.807) is 6.20 Å². The molecule has 1 N–H and O–H groups in total. The van der Waals surface area contributed by atoms with Crippen molar-refractivity contribution in [2.24, 2.45) is 0 Å². The molecular formula is C23H20N4O. The SMILES string of the molecule is Cc1cccc(-c2ccccc2-c2ccc3ncc(C(=O)NC4CC4)n3c2)n1. The molecule has 1 fully saturated rings. The quantitative estimate of drug-likeness (QED) is 0.585. The average Bonchev–Trinajstić information content (AvgIpc) is 3.43. The predicted molar refractivity (Wildman–Crippen MR) is 109 cm³/mol. The van der Waals surface area contributed by atoms with Crippen molar-refractivity contribution in [1.82, 2.24) is 19.7 Å². The van der Waals surface area contributed by atoms with Gasteiger partial charge in [-0.2, -0.15) is 0 Å². The van der Waals surface area contributed by atoms with Gasteiger partial charge in [0.2, 0.25) is 0 Å². The van der Waals surface area contributed by atoms with Gasteiger partial charge in [0.25, 0.3) is 5.91 Å². The summed E-state index contributed by atoms with van der Waals surface area (Å²) in [6.45, 7) is 1.99. The Labute approximate surface area is 163 Å². The third-order valence-corrected chi connectivity index (χ3v) is 5.05. The fraction of sp³-hybridized carbons (Fsp3) is 0.174. The molecule has 0 aliphatic heterocycles. The van der Waals surface area contributed by atoms with Crippen LogP contribution in [0.1, 0.15) is 29.0 Å². The summed E-state index contributed by atoms with van der Waals surface area (Å²) in [6.07, 6.45) is 5.75. The fourth-order valence-corrected chi connectivity index (χ4v) is 3.45. The molecule has 0 bridgehead atoms. The molecule has 5 rings (SSSR count). The van der Waals surface area contributed by atoms with Crippen molar-refractivity contribution in [2.75, 3.05) is 0 Å². The number of carbonyl (C=O) groups is 1. The minimum atomic E-state index is -0.0687. The first-order valence-electron chi connectivity index (χ1n) is 9.50. The first kappa shape index (κ1) is 16.7. The van der Waals surface area contributed by atoms with E-state index in [2.05, 4.69) is 27.4 Å². The highest BCUT2D eigenvalue weighted by Gasteiger charge is 2.25. The van der Waals surface area contributed by atoms with E-state index in [0.717, 1.165) is 46.6 Å². The second-order valence-corrected chi connectivity index (χ2v) is 7.25. The lowest BCUT2D eigenvalue weighted by Crippen LogP contribution is -2.26. The normalized spacial score (nSPS) is 13.6. The maximum absolute atomic E-state index is 12.6. The summed E-state index contributed by atoms with van der Waals surface area (Å²) >= 11 is 0. The number of hydrogen-bond acceptors (Lipinski definition) is 3. The van der Waals surface area contributed by atoms with Crippen LogP contribution in [0.4, 0.5) is 0 Å². The van der Waals surface area contributed by atoms with Gasteiger partial charge in [-0.1, -0.05) is 30.3 Å². The number of rotatable bonds is 4. The van der Waals surface area contributed by atoms with E-state index in [1.165, 1.54) is 0 Å². The Morgan fingerprint density at radius 3 is 2.64 bits per heavy atom. The lowest BCUT2D eigenvalue weighted by Gasteiger charge is -2.11. The number of carbonyl (C=O) groups excluding carboxylic acids is 1. The van der Waals surface area contributed by atoms with E-state index >= 15 is 0 Å². The molecule has 3 aromatic heterocycles. The Morgan fingerprint density at radius 2 is 1.86 bits per heavy atom. The molecule has 5 nitrogen and oxygen atoms in total. The largest absolute Gasteiger partial charge is 0.348 e. The number of pyridine rings is 2. The van der Waals surface area contributed by atoms with Gasteiger partial charge in [-0.25, -0.2) is 4.98 Å². The predicted octanol–water partition coefficient (Wildman–Crippen LogP) is 4.26. The fourth-order valence-electron chi connectivity index (χ4n) is 3.45. The summed E-state index contributed by atoms with van der Waals surface area (Å²) in [5, 5.41) is 3.04. The highest BCUT2D eigenvalue weighted by atomic mass is 16.2. The minimum Gasteiger partial charge on any atom is -0.348 e. The molecular weight excluding hydrogens is 348 g/mol. The van der Waals surface area contributed by atoms with E-state index < -0.39 is 0 Å². The Kier molecular flexibility index (Phi) is 3.93. The van der Waals surface area contributed by atoms with E-state index in [1.807, 2.05) is 60.0 Å². The standard InChI is InChI=1S/C23H20N4O/c1-15-5-4-8-20(25-15)19-7-3-2-6-18(19)16-9-12-22-24-13-21(27(22)14-16)23(28)26-17-10-11-17/h2-9,12-14,17H,10-11H2,1H3,(H,26,28). The Morgan fingerprint density at radius 1 is 1.04 bits per heavy atom. The summed E-state index contributed by atoms with van der Waals surface area (Å²) in [5.41, 5.74) is 6.40. The van der Waals surface area contributed by atoms with Crippen LogP contribution < -0.4 is 5.32 Å². The number of aromatic nitrogens is 3. The average molecular weight is 368 g/mol. The van der Waals surface area contributed by atoms with E-state index in [-0.39, 0.29) is 5.91 Å². The highest BCUT2D eigenvalue weighted by molar-refractivity contribution is 5.94. The molecule has 0 radical (unpaired) electrons. The molecule has 1 aliphatic carbocycles. The smallest absolute Gasteiger partial charge is 0.270 e. The van der Waals surface area contributed by atoms with Crippen LogP contribution in [0.25, 0.3) is 28.0 Å². The van der Waals surface area contributed by atoms with Gasteiger partial charge in [-0.3, -0.25) is 14.2 Å². The van der Waals surface area contributed by atoms with Crippen LogP contribution >= 0.6 is 0 Å². The molecule has 0 unspecified atom stereocenters. The number of fused-ring (bicyclic) bond motifs is 1. The molecule has 1 aromatic carbocycles. The maximum Gasteiger partial charge on any atom is 0.270 e. The Balaban J connectivity index is 1.61. The van der Waals surface area contributed by atoms with Crippen LogP contribution in [-0.2, 0) is 0 Å².